The fraction of sp³-hybridized carbons (Fsp3) is 0.632. The smallest absolute Gasteiger partial charge is 0.320 e. The van der Waals surface area contributed by atoms with Crippen molar-refractivity contribution in [2.45, 2.75) is 59.0 Å². The number of carboxylic acids is 1. The Bertz CT molecular complexity index is 516. The molecule has 1 saturated heterocycles. The second kappa shape index (κ2) is 7.82. The first-order valence-electron chi connectivity index (χ1n) is 8.65. The van der Waals surface area contributed by atoms with Crippen LogP contribution in [0.3, 0.4) is 0 Å². The minimum absolute atomic E-state index is 0.158. The molecule has 0 radical (unpaired) electrons. The molecule has 1 atom stereocenters. The molecule has 1 heterocycles. The molecule has 4 nitrogen and oxygen atoms in total. The lowest BCUT2D eigenvalue weighted by Crippen LogP contribution is -2.37. The molecular formula is C19H30N2O2. The van der Waals surface area contributed by atoms with Crippen molar-refractivity contribution in [1.82, 2.24) is 5.32 Å². The van der Waals surface area contributed by atoms with Gasteiger partial charge in [0.1, 0.15) is 6.04 Å². The number of hydrogen-bond acceptors (Lipinski definition) is 3. The zero-order chi connectivity index (χ0) is 16.9. The van der Waals surface area contributed by atoms with Crippen LogP contribution < -0.4 is 10.2 Å². The maximum absolute atomic E-state index is 11.4. The summed E-state index contributed by atoms with van der Waals surface area (Å²) in [6.07, 6.45) is 4.07. The third-order valence-corrected chi connectivity index (χ3v) is 4.42. The minimum atomic E-state index is -0.759. The number of nitrogens with zero attached hydrogens (tertiary/aromatic N) is 1. The summed E-state index contributed by atoms with van der Waals surface area (Å²) in [5.74, 6) is -0.759. The summed E-state index contributed by atoms with van der Waals surface area (Å²) in [6, 6.07) is 7.97. The molecular weight excluding hydrogens is 288 g/mol. The summed E-state index contributed by atoms with van der Waals surface area (Å²) in [5.41, 5.74) is 2.56. The highest BCUT2D eigenvalue weighted by Crippen LogP contribution is 2.23. The van der Waals surface area contributed by atoms with Crippen LogP contribution in [0.2, 0.25) is 0 Å². The Morgan fingerprint density at radius 3 is 2.61 bits per heavy atom. The quantitative estimate of drug-likeness (QED) is 0.805. The predicted octanol–water partition coefficient (Wildman–Crippen LogP) is 3.66. The van der Waals surface area contributed by atoms with Gasteiger partial charge < -0.3 is 15.3 Å². The molecule has 2 N–H and O–H groups in total. The lowest BCUT2D eigenvalue weighted by molar-refractivity contribution is -0.139. The van der Waals surface area contributed by atoms with Gasteiger partial charge in [-0.2, -0.15) is 0 Å². The summed E-state index contributed by atoms with van der Waals surface area (Å²) in [7, 11) is 0. The first kappa shape index (κ1) is 17.8. The highest BCUT2D eigenvalue weighted by molar-refractivity contribution is 5.73. The van der Waals surface area contributed by atoms with Gasteiger partial charge in [0.25, 0.3) is 0 Å². The van der Waals surface area contributed by atoms with Gasteiger partial charge in [0.15, 0.2) is 0 Å². The number of carbonyl (C=O) groups is 1. The Balaban J connectivity index is 1.92. The van der Waals surface area contributed by atoms with Gasteiger partial charge in [-0.1, -0.05) is 32.9 Å². The number of benzene rings is 1. The van der Waals surface area contributed by atoms with Gasteiger partial charge in [-0.25, -0.2) is 0 Å². The highest BCUT2D eigenvalue weighted by atomic mass is 16.4. The molecule has 23 heavy (non-hydrogen) atoms. The second-order valence-electron chi connectivity index (χ2n) is 7.74. The van der Waals surface area contributed by atoms with Gasteiger partial charge in [0.2, 0.25) is 0 Å². The van der Waals surface area contributed by atoms with Gasteiger partial charge in [-0.3, -0.25) is 4.79 Å². The Morgan fingerprint density at radius 2 is 2.00 bits per heavy atom. The van der Waals surface area contributed by atoms with Crippen molar-refractivity contribution in [2.75, 3.05) is 18.0 Å². The van der Waals surface area contributed by atoms with Crippen molar-refractivity contribution in [3.8, 4) is 0 Å². The van der Waals surface area contributed by atoms with Crippen LogP contribution in [-0.4, -0.2) is 30.2 Å². The third kappa shape index (κ3) is 5.87. The van der Waals surface area contributed by atoms with Gasteiger partial charge >= 0.3 is 5.97 Å². The fourth-order valence-electron chi connectivity index (χ4n) is 2.97. The number of hydrogen-bond donors (Lipinski definition) is 2. The van der Waals surface area contributed by atoms with E-state index < -0.39 is 12.0 Å². The van der Waals surface area contributed by atoms with Crippen molar-refractivity contribution in [3.63, 3.8) is 0 Å². The van der Waals surface area contributed by atoms with Crippen LogP contribution in [-0.2, 0) is 11.3 Å². The van der Waals surface area contributed by atoms with Crippen LogP contribution in [0.5, 0.6) is 0 Å². The van der Waals surface area contributed by atoms with Crippen LogP contribution in [0.1, 0.15) is 52.0 Å². The van der Waals surface area contributed by atoms with E-state index >= 15 is 0 Å². The van der Waals surface area contributed by atoms with Crippen LogP contribution in [0.4, 0.5) is 5.69 Å². The van der Waals surface area contributed by atoms with E-state index in [1.807, 2.05) is 0 Å². The van der Waals surface area contributed by atoms with Crippen molar-refractivity contribution in [1.29, 1.82) is 0 Å². The SMILES string of the molecule is CC(C)(C)CC[C@H](NCc1cccc(N2CCCC2)c1)C(=O)O. The largest absolute Gasteiger partial charge is 0.480 e. The molecule has 1 aliphatic rings. The molecule has 1 aliphatic heterocycles. The molecule has 0 saturated carbocycles. The molecule has 4 heteroatoms. The normalized spacial score (nSPS) is 16.6. The molecule has 0 unspecified atom stereocenters. The zero-order valence-electron chi connectivity index (χ0n) is 14.6. The number of nitrogens with one attached hydrogen (secondary N) is 1. The Labute approximate surface area is 139 Å². The average Bonchev–Trinajstić information content (AvgIpc) is 3.00. The van der Waals surface area contributed by atoms with E-state index in [4.69, 9.17) is 0 Å². The standard InChI is InChI=1S/C19H30N2O2/c1-19(2,3)10-9-17(18(22)23)20-14-15-7-6-8-16(13-15)21-11-4-5-12-21/h6-8,13,17,20H,4-5,9-12,14H2,1-3H3,(H,22,23)/t17-/m0/s1. The number of carboxylic acid groups (broad SMARTS) is 1. The Hall–Kier alpha value is -1.55. The monoisotopic (exact) mass is 318 g/mol. The van der Waals surface area contributed by atoms with E-state index in [2.05, 4.69) is 55.3 Å². The number of anilines is 1. The third-order valence-electron chi connectivity index (χ3n) is 4.42. The molecule has 128 valence electrons. The lowest BCUT2D eigenvalue weighted by atomic mass is 9.88. The summed E-state index contributed by atoms with van der Waals surface area (Å²) in [5, 5.41) is 12.6. The molecule has 1 aromatic rings. The zero-order valence-corrected chi connectivity index (χ0v) is 14.6. The maximum Gasteiger partial charge on any atom is 0.320 e. The van der Waals surface area contributed by atoms with Crippen molar-refractivity contribution in [2.24, 2.45) is 5.41 Å². The molecule has 2 rings (SSSR count). The second-order valence-corrected chi connectivity index (χ2v) is 7.74. The summed E-state index contributed by atoms with van der Waals surface area (Å²) in [6.45, 7) is 9.28. The average molecular weight is 318 g/mol. The van der Waals surface area contributed by atoms with Crippen LogP contribution in [0.25, 0.3) is 0 Å². The van der Waals surface area contributed by atoms with E-state index in [0.717, 1.165) is 25.1 Å². The first-order chi connectivity index (χ1) is 10.8. The molecule has 0 spiro atoms. The van der Waals surface area contributed by atoms with E-state index in [-0.39, 0.29) is 5.41 Å². The van der Waals surface area contributed by atoms with Gasteiger partial charge in [0.05, 0.1) is 0 Å². The minimum Gasteiger partial charge on any atom is -0.480 e. The first-order valence-corrected chi connectivity index (χ1v) is 8.65. The molecule has 0 aromatic heterocycles. The van der Waals surface area contributed by atoms with Crippen molar-refractivity contribution >= 4 is 11.7 Å². The topological polar surface area (TPSA) is 52.6 Å². The van der Waals surface area contributed by atoms with E-state index in [1.165, 1.54) is 18.5 Å². The summed E-state index contributed by atoms with van der Waals surface area (Å²) in [4.78, 5) is 13.8. The van der Waals surface area contributed by atoms with Crippen molar-refractivity contribution < 1.29 is 9.90 Å². The Kier molecular flexibility index (Phi) is 6.05. The van der Waals surface area contributed by atoms with Gasteiger partial charge in [-0.15, -0.1) is 0 Å². The van der Waals surface area contributed by atoms with Gasteiger partial charge in [0, 0.05) is 25.3 Å². The molecule has 1 fully saturated rings. The molecule has 1 aromatic carbocycles. The number of aliphatic carboxylic acids is 1. The molecule has 0 bridgehead atoms. The highest BCUT2D eigenvalue weighted by Gasteiger charge is 2.20. The van der Waals surface area contributed by atoms with Crippen LogP contribution in [0, 0.1) is 5.41 Å². The maximum atomic E-state index is 11.4. The van der Waals surface area contributed by atoms with E-state index in [1.54, 1.807) is 0 Å². The fourth-order valence-corrected chi connectivity index (χ4v) is 2.97. The molecule has 0 aliphatic carbocycles. The number of rotatable bonds is 7. The van der Waals surface area contributed by atoms with E-state index in [9.17, 15) is 9.90 Å². The van der Waals surface area contributed by atoms with Crippen molar-refractivity contribution in [3.05, 3.63) is 29.8 Å². The Morgan fingerprint density at radius 1 is 1.30 bits per heavy atom. The van der Waals surface area contributed by atoms with Gasteiger partial charge in [-0.05, 0) is 48.8 Å². The van der Waals surface area contributed by atoms with Crippen LogP contribution in [0.15, 0.2) is 24.3 Å². The summed E-state index contributed by atoms with van der Waals surface area (Å²) >= 11 is 0. The predicted molar refractivity (Wildman–Crippen MR) is 94.8 cm³/mol. The lowest BCUT2D eigenvalue weighted by Gasteiger charge is -2.22. The molecule has 0 amide bonds. The summed E-state index contributed by atoms with van der Waals surface area (Å²) < 4.78 is 0. The van der Waals surface area contributed by atoms with E-state index in [0.29, 0.717) is 13.0 Å². The van der Waals surface area contributed by atoms with Crippen LogP contribution >= 0.6 is 0 Å².